The van der Waals surface area contributed by atoms with Gasteiger partial charge in [-0.2, -0.15) is 0 Å². The van der Waals surface area contributed by atoms with E-state index in [1.54, 1.807) is 6.26 Å². The van der Waals surface area contributed by atoms with Crippen LogP contribution in [-0.2, 0) is 4.74 Å². The Morgan fingerprint density at radius 2 is 1.90 bits per heavy atom. The van der Waals surface area contributed by atoms with Gasteiger partial charge in [-0.05, 0) is 34.0 Å². The summed E-state index contributed by atoms with van der Waals surface area (Å²) in [5.74, 6) is 0. The maximum Gasteiger partial charge on any atom is 0.106 e. The first-order valence-corrected chi connectivity index (χ1v) is 3.53. The molecular weight excluding hydrogens is 126 g/mol. The van der Waals surface area contributed by atoms with E-state index in [-0.39, 0.29) is 5.60 Å². The topological polar surface area (TPSA) is 21.3 Å². The van der Waals surface area contributed by atoms with Crippen molar-refractivity contribution in [1.82, 2.24) is 5.32 Å². The first-order valence-electron chi connectivity index (χ1n) is 3.53. The Morgan fingerprint density at radius 1 is 1.40 bits per heavy atom. The van der Waals surface area contributed by atoms with Gasteiger partial charge >= 0.3 is 0 Å². The predicted molar refractivity (Wildman–Crippen MR) is 43.9 cm³/mol. The van der Waals surface area contributed by atoms with Crippen LogP contribution < -0.4 is 5.32 Å². The zero-order valence-electron chi connectivity index (χ0n) is 7.27. The molecule has 0 aromatic carbocycles. The van der Waals surface area contributed by atoms with Gasteiger partial charge in [0, 0.05) is 6.42 Å². The first kappa shape index (κ1) is 9.50. The quantitative estimate of drug-likeness (QED) is 0.555. The summed E-state index contributed by atoms with van der Waals surface area (Å²) in [7, 11) is 3.75. The molecule has 10 heavy (non-hydrogen) atoms. The van der Waals surface area contributed by atoms with Crippen LogP contribution in [0.5, 0.6) is 0 Å². The number of nitrogens with one attached hydrogen (secondary N) is 1. The molecule has 0 fully saturated rings. The molecule has 1 aliphatic rings. The van der Waals surface area contributed by atoms with Crippen molar-refractivity contribution in [3.05, 3.63) is 12.3 Å². The predicted octanol–water partition coefficient (Wildman–Crippen LogP) is 1.53. The minimum atomic E-state index is 0.0833. The lowest BCUT2D eigenvalue weighted by molar-refractivity contribution is 0.0829. The third-order valence-electron chi connectivity index (χ3n) is 1.09. The Bertz CT molecular complexity index is 97.8. The van der Waals surface area contributed by atoms with Gasteiger partial charge in [0.15, 0.2) is 0 Å². The van der Waals surface area contributed by atoms with E-state index in [1.807, 2.05) is 20.2 Å². The highest BCUT2D eigenvalue weighted by atomic mass is 16.5. The molecule has 0 aromatic heterocycles. The van der Waals surface area contributed by atoms with Crippen molar-refractivity contribution < 1.29 is 4.74 Å². The maximum absolute atomic E-state index is 5.16. The van der Waals surface area contributed by atoms with Gasteiger partial charge in [-0.15, -0.1) is 0 Å². The summed E-state index contributed by atoms with van der Waals surface area (Å²) >= 11 is 0. The van der Waals surface area contributed by atoms with E-state index in [0.717, 1.165) is 6.42 Å². The molecule has 0 radical (unpaired) electrons. The molecule has 0 aliphatic carbocycles. The number of ether oxygens (including phenoxy) is 1. The van der Waals surface area contributed by atoms with E-state index >= 15 is 0 Å². The van der Waals surface area contributed by atoms with Crippen molar-refractivity contribution in [1.29, 1.82) is 0 Å². The fourth-order valence-corrected chi connectivity index (χ4v) is 0.612. The van der Waals surface area contributed by atoms with Crippen molar-refractivity contribution in [3.8, 4) is 0 Å². The first-order chi connectivity index (χ1) is 4.62. The summed E-state index contributed by atoms with van der Waals surface area (Å²) in [4.78, 5) is 0. The summed E-state index contributed by atoms with van der Waals surface area (Å²) in [5.41, 5.74) is 0.0833. The highest BCUT2D eigenvalue weighted by molar-refractivity contribution is 4.91. The monoisotopic (exact) mass is 143 g/mol. The lowest BCUT2D eigenvalue weighted by Gasteiger charge is -2.15. The molecule has 0 unspecified atom stereocenters. The van der Waals surface area contributed by atoms with Crippen molar-refractivity contribution in [2.24, 2.45) is 0 Å². The fourth-order valence-electron chi connectivity index (χ4n) is 0.612. The number of rotatable bonds is 0. The Balaban J connectivity index is 0.000000236. The average molecular weight is 143 g/mol. The molecule has 0 aromatic rings. The molecule has 1 heterocycles. The van der Waals surface area contributed by atoms with E-state index < -0.39 is 0 Å². The van der Waals surface area contributed by atoms with Crippen molar-refractivity contribution in [2.45, 2.75) is 25.9 Å². The van der Waals surface area contributed by atoms with E-state index in [1.165, 1.54) is 0 Å². The van der Waals surface area contributed by atoms with Gasteiger partial charge in [-0.3, -0.25) is 0 Å². The smallest absolute Gasteiger partial charge is 0.106 e. The number of hydrogen-bond donors (Lipinski definition) is 1. The normalized spacial score (nSPS) is 19.2. The van der Waals surface area contributed by atoms with E-state index in [4.69, 9.17) is 4.74 Å². The van der Waals surface area contributed by atoms with Gasteiger partial charge < -0.3 is 10.1 Å². The van der Waals surface area contributed by atoms with E-state index in [0.29, 0.717) is 0 Å². The zero-order valence-corrected chi connectivity index (χ0v) is 7.27. The molecule has 0 saturated carbocycles. The summed E-state index contributed by atoms with van der Waals surface area (Å²) in [6, 6.07) is 0. The van der Waals surface area contributed by atoms with Crippen molar-refractivity contribution in [3.63, 3.8) is 0 Å². The van der Waals surface area contributed by atoms with Gasteiger partial charge in [-0.25, -0.2) is 0 Å². The molecule has 0 amide bonds. The molecule has 60 valence electrons. The van der Waals surface area contributed by atoms with Crippen LogP contribution in [0.3, 0.4) is 0 Å². The van der Waals surface area contributed by atoms with Crippen LogP contribution in [0.2, 0.25) is 0 Å². The second kappa shape index (κ2) is 4.34. The summed E-state index contributed by atoms with van der Waals surface area (Å²) in [6.45, 7) is 4.15. The standard InChI is InChI=1S/C6H10O.C2H7N/c1-6(2)4-3-5-7-6;1-3-2/h3,5H,4H2,1-2H3;3H,1-2H3. The third kappa shape index (κ3) is 4.39. The molecule has 1 rings (SSSR count). The summed E-state index contributed by atoms with van der Waals surface area (Å²) in [6.07, 6.45) is 4.85. The Morgan fingerprint density at radius 3 is 2.00 bits per heavy atom. The third-order valence-corrected chi connectivity index (χ3v) is 1.09. The van der Waals surface area contributed by atoms with Crippen LogP contribution in [0.4, 0.5) is 0 Å². The highest BCUT2D eigenvalue weighted by Crippen LogP contribution is 2.20. The molecule has 0 saturated heterocycles. The largest absolute Gasteiger partial charge is 0.495 e. The van der Waals surface area contributed by atoms with Crippen LogP contribution in [0.1, 0.15) is 20.3 Å². The van der Waals surface area contributed by atoms with Crippen LogP contribution >= 0.6 is 0 Å². The minimum Gasteiger partial charge on any atom is -0.495 e. The maximum atomic E-state index is 5.16. The van der Waals surface area contributed by atoms with Crippen molar-refractivity contribution >= 4 is 0 Å². The van der Waals surface area contributed by atoms with Gasteiger partial charge in [0.2, 0.25) is 0 Å². The fraction of sp³-hybridized carbons (Fsp3) is 0.750. The molecule has 1 N–H and O–H groups in total. The molecule has 0 spiro atoms. The Kier molecular flexibility index (Phi) is 4.12. The van der Waals surface area contributed by atoms with Gasteiger partial charge in [0.25, 0.3) is 0 Å². The lowest BCUT2D eigenvalue weighted by Crippen LogP contribution is -2.15. The van der Waals surface area contributed by atoms with Gasteiger partial charge in [-0.1, -0.05) is 0 Å². The number of hydrogen-bond acceptors (Lipinski definition) is 2. The Labute approximate surface area is 63.3 Å². The second-order valence-corrected chi connectivity index (χ2v) is 2.95. The summed E-state index contributed by atoms with van der Waals surface area (Å²) in [5, 5.41) is 2.75. The molecular formula is C8H17NO. The van der Waals surface area contributed by atoms with Crippen LogP contribution in [-0.4, -0.2) is 19.7 Å². The highest BCUT2D eigenvalue weighted by Gasteiger charge is 2.18. The van der Waals surface area contributed by atoms with Crippen molar-refractivity contribution in [2.75, 3.05) is 14.1 Å². The second-order valence-electron chi connectivity index (χ2n) is 2.95. The van der Waals surface area contributed by atoms with Crippen LogP contribution in [0, 0.1) is 0 Å². The zero-order chi connectivity index (χ0) is 8.04. The van der Waals surface area contributed by atoms with Crippen LogP contribution in [0.15, 0.2) is 12.3 Å². The summed E-state index contributed by atoms with van der Waals surface area (Å²) < 4.78 is 5.16. The SMILES string of the molecule is CC1(C)CC=CO1.CNC. The Hall–Kier alpha value is -0.500. The minimum absolute atomic E-state index is 0.0833. The lowest BCUT2D eigenvalue weighted by atomic mass is 10.1. The van der Waals surface area contributed by atoms with Crippen LogP contribution in [0.25, 0.3) is 0 Å². The molecule has 2 heteroatoms. The molecule has 0 bridgehead atoms. The van der Waals surface area contributed by atoms with E-state index in [9.17, 15) is 0 Å². The molecule has 0 atom stereocenters. The van der Waals surface area contributed by atoms with Gasteiger partial charge in [0.05, 0.1) is 6.26 Å². The molecule has 2 nitrogen and oxygen atoms in total. The molecule has 1 aliphatic heterocycles. The van der Waals surface area contributed by atoms with Gasteiger partial charge in [0.1, 0.15) is 5.60 Å². The average Bonchev–Trinajstić information content (AvgIpc) is 2.16. The van der Waals surface area contributed by atoms with E-state index in [2.05, 4.69) is 19.2 Å².